The van der Waals surface area contributed by atoms with Crippen LogP contribution in [0.25, 0.3) is 0 Å². The molecule has 5 nitrogen and oxygen atoms in total. The van der Waals surface area contributed by atoms with Crippen LogP contribution in [0.1, 0.15) is 33.2 Å². The third-order valence-corrected chi connectivity index (χ3v) is 4.31. The molecule has 0 saturated carbocycles. The molecule has 148 valence electrons. The van der Waals surface area contributed by atoms with Crippen molar-refractivity contribution in [3.05, 3.63) is 95.3 Å². The van der Waals surface area contributed by atoms with Crippen molar-refractivity contribution in [2.75, 3.05) is 11.9 Å². The molecule has 0 bridgehead atoms. The highest BCUT2D eigenvalue weighted by Crippen LogP contribution is 2.17. The second-order valence-corrected chi connectivity index (χ2v) is 6.35. The molecule has 0 aliphatic rings. The van der Waals surface area contributed by atoms with Crippen LogP contribution < -0.4 is 5.32 Å². The van der Waals surface area contributed by atoms with Gasteiger partial charge in [0.05, 0.1) is 16.8 Å². The number of amides is 2. The Morgan fingerprint density at radius 2 is 1.72 bits per heavy atom. The van der Waals surface area contributed by atoms with Crippen LogP contribution >= 0.6 is 0 Å². The Kier molecular flexibility index (Phi) is 6.29. The van der Waals surface area contributed by atoms with Gasteiger partial charge in [-0.3, -0.25) is 14.6 Å². The number of pyridine rings is 1. The zero-order valence-electron chi connectivity index (χ0n) is 15.7. The standard InChI is InChI=1S/C22H19F2N3O2/c1-2-27(14-15-6-4-3-5-7-15)22(29)17-10-16(12-25-13-17)21(28)26-20-9-8-18(23)11-19(20)24/h3-13H,2,14H2,1H3,(H,26,28). The van der Waals surface area contributed by atoms with E-state index < -0.39 is 17.5 Å². The smallest absolute Gasteiger partial charge is 0.257 e. The summed E-state index contributed by atoms with van der Waals surface area (Å²) < 4.78 is 26.8. The number of anilines is 1. The van der Waals surface area contributed by atoms with Crippen LogP contribution in [0.4, 0.5) is 14.5 Å². The van der Waals surface area contributed by atoms with E-state index in [9.17, 15) is 18.4 Å². The van der Waals surface area contributed by atoms with E-state index in [2.05, 4.69) is 10.3 Å². The minimum absolute atomic E-state index is 0.0929. The van der Waals surface area contributed by atoms with Gasteiger partial charge in [-0.25, -0.2) is 8.78 Å². The van der Waals surface area contributed by atoms with Gasteiger partial charge in [-0.15, -0.1) is 0 Å². The number of nitrogens with zero attached hydrogens (tertiary/aromatic N) is 2. The summed E-state index contributed by atoms with van der Waals surface area (Å²) in [5.74, 6) is -2.55. The average molecular weight is 395 g/mol. The predicted molar refractivity (Wildman–Crippen MR) is 105 cm³/mol. The van der Waals surface area contributed by atoms with Crippen molar-refractivity contribution in [2.24, 2.45) is 0 Å². The van der Waals surface area contributed by atoms with Crippen LogP contribution in [0.3, 0.4) is 0 Å². The first-order chi connectivity index (χ1) is 14.0. The van der Waals surface area contributed by atoms with Gasteiger partial charge in [-0.05, 0) is 30.7 Å². The number of aromatic nitrogens is 1. The topological polar surface area (TPSA) is 62.3 Å². The van der Waals surface area contributed by atoms with Crippen LogP contribution in [0.15, 0.2) is 67.0 Å². The zero-order chi connectivity index (χ0) is 20.8. The lowest BCUT2D eigenvalue weighted by Crippen LogP contribution is -2.30. The molecule has 29 heavy (non-hydrogen) atoms. The van der Waals surface area contributed by atoms with Crippen molar-refractivity contribution in [3.63, 3.8) is 0 Å². The fourth-order valence-corrected chi connectivity index (χ4v) is 2.78. The van der Waals surface area contributed by atoms with Crippen LogP contribution in [0, 0.1) is 11.6 Å². The van der Waals surface area contributed by atoms with Gasteiger partial charge in [-0.1, -0.05) is 30.3 Å². The maximum atomic E-state index is 13.8. The Hall–Kier alpha value is -3.61. The lowest BCUT2D eigenvalue weighted by molar-refractivity contribution is 0.0752. The average Bonchev–Trinajstić information content (AvgIpc) is 2.74. The first kappa shape index (κ1) is 20.1. The molecule has 2 aromatic carbocycles. The molecule has 3 aromatic rings. The molecule has 0 unspecified atom stereocenters. The van der Waals surface area contributed by atoms with Crippen molar-refractivity contribution >= 4 is 17.5 Å². The summed E-state index contributed by atoms with van der Waals surface area (Å²) in [5, 5.41) is 2.36. The van der Waals surface area contributed by atoms with Crippen molar-refractivity contribution in [2.45, 2.75) is 13.5 Å². The van der Waals surface area contributed by atoms with E-state index >= 15 is 0 Å². The Balaban J connectivity index is 1.77. The normalized spacial score (nSPS) is 10.4. The fourth-order valence-electron chi connectivity index (χ4n) is 2.78. The van der Waals surface area contributed by atoms with E-state index in [4.69, 9.17) is 0 Å². The largest absolute Gasteiger partial charge is 0.335 e. The number of carbonyl (C=O) groups excluding carboxylic acids is 2. The summed E-state index contributed by atoms with van der Waals surface area (Å²) in [5.41, 5.74) is 1.16. The second-order valence-electron chi connectivity index (χ2n) is 6.35. The van der Waals surface area contributed by atoms with Gasteiger partial charge in [0.1, 0.15) is 11.6 Å². The highest BCUT2D eigenvalue weighted by atomic mass is 19.1. The summed E-state index contributed by atoms with van der Waals surface area (Å²) in [7, 11) is 0. The predicted octanol–water partition coefficient (Wildman–Crippen LogP) is 4.27. The molecule has 3 rings (SSSR count). The molecule has 0 atom stereocenters. The highest BCUT2D eigenvalue weighted by molar-refractivity contribution is 6.05. The molecule has 7 heteroatoms. The van der Waals surface area contributed by atoms with Gasteiger partial charge in [0.25, 0.3) is 11.8 Å². The monoisotopic (exact) mass is 395 g/mol. The molecule has 0 aliphatic heterocycles. The lowest BCUT2D eigenvalue weighted by Gasteiger charge is -2.21. The third kappa shape index (κ3) is 5.01. The summed E-state index contributed by atoms with van der Waals surface area (Å²) in [6, 6.07) is 13.8. The van der Waals surface area contributed by atoms with Crippen molar-refractivity contribution in [1.29, 1.82) is 0 Å². The molecule has 0 fully saturated rings. The van der Waals surface area contributed by atoms with E-state index in [1.165, 1.54) is 18.5 Å². The molecular weight excluding hydrogens is 376 g/mol. The number of nitrogens with one attached hydrogen (secondary N) is 1. The van der Waals surface area contributed by atoms with Gasteiger partial charge < -0.3 is 10.2 Å². The van der Waals surface area contributed by atoms with Gasteiger partial charge in [0.2, 0.25) is 0 Å². The van der Waals surface area contributed by atoms with Crippen LogP contribution in [0.5, 0.6) is 0 Å². The lowest BCUT2D eigenvalue weighted by atomic mass is 10.1. The Labute approximate surface area is 167 Å². The van der Waals surface area contributed by atoms with E-state index in [1.807, 2.05) is 37.3 Å². The van der Waals surface area contributed by atoms with E-state index in [-0.39, 0.29) is 22.7 Å². The molecule has 0 radical (unpaired) electrons. The molecule has 1 N–H and O–H groups in total. The van der Waals surface area contributed by atoms with Gasteiger partial charge in [-0.2, -0.15) is 0 Å². The second kappa shape index (κ2) is 9.05. The number of hydrogen-bond donors (Lipinski definition) is 1. The number of rotatable bonds is 6. The van der Waals surface area contributed by atoms with Crippen molar-refractivity contribution in [1.82, 2.24) is 9.88 Å². The summed E-state index contributed by atoms with van der Waals surface area (Å²) in [6.45, 7) is 2.76. The summed E-state index contributed by atoms with van der Waals surface area (Å²) in [4.78, 5) is 30.9. The van der Waals surface area contributed by atoms with Crippen molar-refractivity contribution in [3.8, 4) is 0 Å². The number of halogens is 2. The minimum Gasteiger partial charge on any atom is -0.335 e. The SMILES string of the molecule is CCN(Cc1ccccc1)C(=O)c1cncc(C(=O)Nc2ccc(F)cc2F)c1. The minimum atomic E-state index is -0.890. The first-order valence-electron chi connectivity index (χ1n) is 9.02. The summed E-state index contributed by atoms with van der Waals surface area (Å²) in [6.07, 6.45) is 2.66. The van der Waals surface area contributed by atoms with Crippen LogP contribution in [-0.2, 0) is 6.54 Å². The quantitative estimate of drug-likeness (QED) is 0.678. The van der Waals surface area contributed by atoms with E-state index in [1.54, 1.807) is 4.90 Å². The fraction of sp³-hybridized carbons (Fsp3) is 0.136. The number of benzene rings is 2. The highest BCUT2D eigenvalue weighted by Gasteiger charge is 2.18. The molecule has 0 saturated heterocycles. The zero-order valence-corrected chi connectivity index (χ0v) is 15.7. The summed E-state index contributed by atoms with van der Waals surface area (Å²) >= 11 is 0. The third-order valence-electron chi connectivity index (χ3n) is 4.31. The van der Waals surface area contributed by atoms with E-state index in [0.29, 0.717) is 19.2 Å². The molecule has 0 spiro atoms. The number of hydrogen-bond acceptors (Lipinski definition) is 3. The molecule has 1 heterocycles. The first-order valence-corrected chi connectivity index (χ1v) is 9.02. The molecule has 0 aliphatic carbocycles. The van der Waals surface area contributed by atoms with Crippen LogP contribution in [0.2, 0.25) is 0 Å². The maximum Gasteiger partial charge on any atom is 0.257 e. The maximum absolute atomic E-state index is 13.8. The molecule has 1 aromatic heterocycles. The van der Waals surface area contributed by atoms with Crippen molar-refractivity contribution < 1.29 is 18.4 Å². The van der Waals surface area contributed by atoms with Crippen LogP contribution in [-0.4, -0.2) is 28.2 Å². The Morgan fingerprint density at radius 3 is 2.41 bits per heavy atom. The Morgan fingerprint density at radius 1 is 1.00 bits per heavy atom. The number of carbonyl (C=O) groups is 2. The van der Waals surface area contributed by atoms with E-state index in [0.717, 1.165) is 17.7 Å². The van der Waals surface area contributed by atoms with Gasteiger partial charge >= 0.3 is 0 Å². The molecular formula is C22H19F2N3O2. The van der Waals surface area contributed by atoms with Gasteiger partial charge in [0.15, 0.2) is 0 Å². The Bertz CT molecular complexity index is 1030. The molecule has 2 amide bonds. The van der Waals surface area contributed by atoms with Gasteiger partial charge in [0, 0.05) is 31.5 Å².